The second-order valence-electron chi connectivity index (χ2n) is 5.26. The molecule has 0 spiro atoms. The third-order valence-electron chi connectivity index (χ3n) is 3.18. The molecule has 0 saturated carbocycles. The first kappa shape index (κ1) is 17.1. The molecule has 1 rings (SSSR count). The van der Waals surface area contributed by atoms with Gasteiger partial charge in [0.05, 0.1) is 6.10 Å². The van der Waals surface area contributed by atoms with Gasteiger partial charge in [-0.05, 0) is 19.8 Å². The number of nitrogens with one attached hydrogen (secondary N) is 2. The number of carbonyl (C=O) groups excluding carboxylic acids is 3. The van der Waals surface area contributed by atoms with Crippen molar-refractivity contribution < 1.29 is 19.5 Å². The highest BCUT2D eigenvalue weighted by molar-refractivity contribution is 6.03. The summed E-state index contributed by atoms with van der Waals surface area (Å²) in [5, 5.41) is 14.5. The molecule has 0 aromatic rings. The first-order valence-corrected chi connectivity index (χ1v) is 7.02. The van der Waals surface area contributed by atoms with Crippen LogP contribution >= 0.6 is 0 Å². The molecular weight excluding hydrogens is 272 g/mol. The number of piperidine rings is 1. The Morgan fingerprint density at radius 3 is 2.76 bits per heavy atom. The quantitative estimate of drug-likeness (QED) is 0.379. The fourth-order valence-electron chi connectivity index (χ4n) is 2.00. The van der Waals surface area contributed by atoms with E-state index in [4.69, 9.17) is 0 Å². The van der Waals surface area contributed by atoms with E-state index in [9.17, 15) is 19.5 Å². The normalized spacial score (nSPS) is 20.7. The van der Waals surface area contributed by atoms with Crippen LogP contribution in [0.25, 0.3) is 0 Å². The van der Waals surface area contributed by atoms with Crippen LogP contribution in [0, 0.1) is 0 Å². The van der Waals surface area contributed by atoms with Crippen LogP contribution in [-0.2, 0) is 14.4 Å². The van der Waals surface area contributed by atoms with Crippen LogP contribution in [0.5, 0.6) is 0 Å². The van der Waals surface area contributed by atoms with Crippen LogP contribution in [0.3, 0.4) is 0 Å². The molecule has 1 aliphatic rings. The summed E-state index contributed by atoms with van der Waals surface area (Å²) in [4.78, 5) is 34.9. The van der Waals surface area contributed by atoms with E-state index in [-0.39, 0.29) is 25.2 Å². The lowest BCUT2D eigenvalue weighted by molar-refractivity contribution is -0.136. The molecule has 3 N–H and O–H groups in total. The molecule has 3 amide bonds. The Morgan fingerprint density at radius 1 is 1.57 bits per heavy atom. The number of imide groups is 1. The van der Waals surface area contributed by atoms with Crippen LogP contribution in [0.4, 0.5) is 0 Å². The second kappa shape index (κ2) is 7.73. The van der Waals surface area contributed by atoms with Crippen LogP contribution in [-0.4, -0.2) is 35.0 Å². The third-order valence-corrected chi connectivity index (χ3v) is 3.18. The topological polar surface area (TPSA) is 95.5 Å². The Morgan fingerprint density at radius 2 is 2.24 bits per heavy atom. The van der Waals surface area contributed by atoms with E-state index >= 15 is 0 Å². The molecule has 6 nitrogen and oxygen atoms in total. The maximum absolute atomic E-state index is 12.2. The first-order chi connectivity index (χ1) is 9.83. The van der Waals surface area contributed by atoms with Gasteiger partial charge in [-0.2, -0.15) is 0 Å². The SMILES string of the molecule is C=C(C)/C=C(\C[C@@H](O)CC)C(=O)NC1CCC(=O)NC1=O. The Bertz CT molecular complexity index is 482. The average Bonchev–Trinajstić information content (AvgIpc) is 2.40. The minimum atomic E-state index is -0.720. The number of carbonyl (C=O) groups is 3. The van der Waals surface area contributed by atoms with Gasteiger partial charge in [0.15, 0.2) is 0 Å². The Hall–Kier alpha value is -1.95. The van der Waals surface area contributed by atoms with Crippen molar-refractivity contribution in [3.63, 3.8) is 0 Å². The highest BCUT2D eigenvalue weighted by Crippen LogP contribution is 2.13. The lowest BCUT2D eigenvalue weighted by Crippen LogP contribution is -2.52. The third kappa shape index (κ3) is 5.51. The molecule has 0 radical (unpaired) electrons. The van der Waals surface area contributed by atoms with Gasteiger partial charge < -0.3 is 10.4 Å². The van der Waals surface area contributed by atoms with Gasteiger partial charge in [-0.1, -0.05) is 25.2 Å². The fourth-order valence-corrected chi connectivity index (χ4v) is 2.00. The summed E-state index contributed by atoms with van der Waals surface area (Å²) in [5.74, 6) is -1.24. The van der Waals surface area contributed by atoms with Crippen molar-refractivity contribution in [1.29, 1.82) is 0 Å². The molecule has 1 heterocycles. The van der Waals surface area contributed by atoms with Gasteiger partial charge in [-0.25, -0.2) is 0 Å². The fraction of sp³-hybridized carbons (Fsp3) is 0.533. The van der Waals surface area contributed by atoms with E-state index < -0.39 is 24.0 Å². The number of rotatable bonds is 6. The maximum Gasteiger partial charge on any atom is 0.249 e. The molecular formula is C15H22N2O4. The van der Waals surface area contributed by atoms with Crippen LogP contribution < -0.4 is 10.6 Å². The zero-order valence-electron chi connectivity index (χ0n) is 12.4. The highest BCUT2D eigenvalue weighted by atomic mass is 16.3. The van der Waals surface area contributed by atoms with Crippen molar-refractivity contribution in [2.45, 2.75) is 51.7 Å². The number of amides is 3. The zero-order chi connectivity index (χ0) is 16.0. The summed E-state index contributed by atoms with van der Waals surface area (Å²) in [7, 11) is 0. The van der Waals surface area contributed by atoms with Gasteiger partial charge >= 0.3 is 0 Å². The van der Waals surface area contributed by atoms with Crippen molar-refractivity contribution in [3.8, 4) is 0 Å². The van der Waals surface area contributed by atoms with Gasteiger partial charge in [-0.3, -0.25) is 19.7 Å². The van der Waals surface area contributed by atoms with Gasteiger partial charge in [0.25, 0.3) is 0 Å². The standard InChI is InChI=1S/C15H22N2O4/c1-4-11(18)8-10(7-9(2)3)14(20)16-12-5-6-13(19)17-15(12)21/h7,11-12,18H,2,4-6,8H2,1,3H3,(H,16,20)(H,17,19,21)/b10-7+/t11-,12?/m0/s1. The maximum atomic E-state index is 12.2. The zero-order valence-corrected chi connectivity index (χ0v) is 12.4. The summed E-state index contributed by atoms with van der Waals surface area (Å²) < 4.78 is 0. The molecule has 1 aliphatic heterocycles. The van der Waals surface area contributed by atoms with Crippen molar-refractivity contribution in [1.82, 2.24) is 10.6 Å². The van der Waals surface area contributed by atoms with Crippen molar-refractivity contribution in [2.75, 3.05) is 0 Å². The molecule has 0 aliphatic carbocycles. The Kier molecular flexibility index (Phi) is 6.30. The molecule has 6 heteroatoms. The Balaban J connectivity index is 2.74. The van der Waals surface area contributed by atoms with Crippen molar-refractivity contribution in [2.24, 2.45) is 0 Å². The smallest absolute Gasteiger partial charge is 0.249 e. The monoisotopic (exact) mass is 294 g/mol. The minimum Gasteiger partial charge on any atom is -0.393 e. The van der Waals surface area contributed by atoms with Gasteiger partial charge in [-0.15, -0.1) is 0 Å². The molecule has 116 valence electrons. The summed E-state index contributed by atoms with van der Waals surface area (Å²) in [6.45, 7) is 7.29. The average molecular weight is 294 g/mol. The predicted octanol–water partition coefficient (Wildman–Crippen LogP) is 0.571. The summed E-state index contributed by atoms with van der Waals surface area (Å²) in [6.07, 6.45) is 2.19. The van der Waals surface area contributed by atoms with Crippen LogP contribution in [0.1, 0.15) is 39.5 Å². The second-order valence-corrected chi connectivity index (χ2v) is 5.26. The lowest BCUT2D eigenvalue weighted by Gasteiger charge is -2.23. The number of aliphatic hydroxyl groups excluding tert-OH is 1. The molecule has 2 atom stereocenters. The van der Waals surface area contributed by atoms with E-state index in [0.717, 1.165) is 0 Å². The molecule has 1 unspecified atom stereocenters. The molecule has 0 aromatic carbocycles. The van der Waals surface area contributed by atoms with Crippen LogP contribution in [0.2, 0.25) is 0 Å². The van der Waals surface area contributed by atoms with Crippen molar-refractivity contribution in [3.05, 3.63) is 23.8 Å². The van der Waals surface area contributed by atoms with Crippen molar-refractivity contribution >= 4 is 17.7 Å². The number of aliphatic hydroxyl groups is 1. The number of hydrogen-bond acceptors (Lipinski definition) is 4. The molecule has 0 aromatic heterocycles. The molecule has 21 heavy (non-hydrogen) atoms. The first-order valence-electron chi connectivity index (χ1n) is 7.02. The van der Waals surface area contributed by atoms with Crippen LogP contribution in [0.15, 0.2) is 23.8 Å². The van der Waals surface area contributed by atoms with E-state index in [1.807, 2.05) is 6.92 Å². The molecule has 0 bridgehead atoms. The summed E-state index contributed by atoms with van der Waals surface area (Å²) in [6, 6.07) is -0.720. The van der Waals surface area contributed by atoms with E-state index in [2.05, 4.69) is 17.2 Å². The van der Waals surface area contributed by atoms with Gasteiger partial charge in [0.2, 0.25) is 17.7 Å². The van der Waals surface area contributed by atoms with Gasteiger partial charge in [0.1, 0.15) is 6.04 Å². The predicted molar refractivity (Wildman–Crippen MR) is 78.1 cm³/mol. The Labute approximate surface area is 124 Å². The highest BCUT2D eigenvalue weighted by Gasteiger charge is 2.28. The number of allylic oxidation sites excluding steroid dienone is 2. The van der Waals surface area contributed by atoms with E-state index in [1.54, 1.807) is 13.0 Å². The molecule has 1 fully saturated rings. The molecule has 1 saturated heterocycles. The summed E-state index contributed by atoms with van der Waals surface area (Å²) in [5.41, 5.74) is 1.06. The largest absolute Gasteiger partial charge is 0.393 e. The lowest BCUT2D eigenvalue weighted by atomic mass is 10.0. The number of hydrogen-bond donors (Lipinski definition) is 3. The van der Waals surface area contributed by atoms with Gasteiger partial charge in [0, 0.05) is 18.4 Å². The summed E-state index contributed by atoms with van der Waals surface area (Å²) >= 11 is 0. The van der Waals surface area contributed by atoms with E-state index in [0.29, 0.717) is 17.6 Å². The minimum absolute atomic E-state index is 0.197. The van der Waals surface area contributed by atoms with E-state index in [1.165, 1.54) is 0 Å².